The van der Waals surface area contributed by atoms with E-state index in [-0.39, 0.29) is 11.4 Å². The van der Waals surface area contributed by atoms with Crippen molar-refractivity contribution < 1.29 is 9.53 Å². The van der Waals surface area contributed by atoms with Gasteiger partial charge < -0.3 is 10.1 Å². The van der Waals surface area contributed by atoms with E-state index in [4.69, 9.17) is 4.74 Å². The van der Waals surface area contributed by atoms with Crippen molar-refractivity contribution in [3.8, 4) is 0 Å². The number of carbonyl (C=O) groups is 1. The number of rotatable bonds is 2. The highest BCUT2D eigenvalue weighted by Gasteiger charge is 2.32. The van der Waals surface area contributed by atoms with Crippen LogP contribution in [0.3, 0.4) is 0 Å². The molecule has 88 valence electrons. The lowest BCUT2D eigenvalue weighted by Crippen LogP contribution is -2.46. The molecule has 0 radical (unpaired) electrons. The average Bonchev–Trinajstić information content (AvgIpc) is 2.74. The van der Waals surface area contributed by atoms with Crippen LogP contribution in [0.4, 0.5) is 0 Å². The number of aromatic amines is 1. The molecule has 2 rings (SSSR count). The SMILES string of the molecule is Cc1n[nH]c(C)c1C(=O)NC1(C)CCOC1. The van der Waals surface area contributed by atoms with Gasteiger partial charge >= 0.3 is 0 Å². The number of nitrogens with zero attached hydrogens (tertiary/aromatic N) is 1. The fraction of sp³-hybridized carbons (Fsp3) is 0.636. The molecular weight excluding hydrogens is 206 g/mol. The highest BCUT2D eigenvalue weighted by atomic mass is 16.5. The van der Waals surface area contributed by atoms with Crippen LogP contribution < -0.4 is 5.32 Å². The number of aryl methyl sites for hydroxylation is 2. The summed E-state index contributed by atoms with van der Waals surface area (Å²) in [5.74, 6) is -0.0725. The molecular formula is C11H17N3O2. The van der Waals surface area contributed by atoms with Gasteiger partial charge in [-0.2, -0.15) is 5.10 Å². The number of aromatic nitrogens is 2. The van der Waals surface area contributed by atoms with Gasteiger partial charge in [-0.1, -0.05) is 0 Å². The van der Waals surface area contributed by atoms with Crippen LogP contribution in [0.1, 0.15) is 35.1 Å². The van der Waals surface area contributed by atoms with Gasteiger partial charge in [-0.25, -0.2) is 0 Å². The van der Waals surface area contributed by atoms with E-state index >= 15 is 0 Å². The van der Waals surface area contributed by atoms with Gasteiger partial charge in [-0.3, -0.25) is 9.89 Å². The standard InChI is InChI=1S/C11H17N3O2/c1-7-9(8(2)14-13-7)10(15)12-11(3)4-5-16-6-11/h4-6H2,1-3H3,(H,12,15)(H,13,14). The van der Waals surface area contributed by atoms with Crippen molar-refractivity contribution in [1.82, 2.24) is 15.5 Å². The molecule has 2 heterocycles. The fourth-order valence-corrected chi connectivity index (χ4v) is 1.99. The van der Waals surface area contributed by atoms with Crippen molar-refractivity contribution in [2.24, 2.45) is 0 Å². The quantitative estimate of drug-likeness (QED) is 0.784. The van der Waals surface area contributed by atoms with Crippen molar-refractivity contribution in [2.45, 2.75) is 32.7 Å². The third-order valence-corrected chi connectivity index (χ3v) is 2.99. The van der Waals surface area contributed by atoms with Crippen molar-refractivity contribution in [3.05, 3.63) is 17.0 Å². The number of amides is 1. The van der Waals surface area contributed by atoms with Crippen LogP contribution in [-0.4, -0.2) is 34.9 Å². The van der Waals surface area contributed by atoms with E-state index in [0.29, 0.717) is 18.8 Å². The summed E-state index contributed by atoms with van der Waals surface area (Å²) >= 11 is 0. The van der Waals surface area contributed by atoms with Crippen molar-refractivity contribution >= 4 is 5.91 Å². The first-order valence-electron chi connectivity index (χ1n) is 5.44. The van der Waals surface area contributed by atoms with Crippen molar-refractivity contribution in [3.63, 3.8) is 0 Å². The topological polar surface area (TPSA) is 67.0 Å². The average molecular weight is 223 g/mol. The Balaban J connectivity index is 2.14. The minimum absolute atomic E-state index is 0.0725. The monoisotopic (exact) mass is 223 g/mol. The lowest BCUT2D eigenvalue weighted by molar-refractivity contribution is 0.0888. The Labute approximate surface area is 94.6 Å². The van der Waals surface area contributed by atoms with Crippen LogP contribution >= 0.6 is 0 Å². The third-order valence-electron chi connectivity index (χ3n) is 2.99. The van der Waals surface area contributed by atoms with E-state index in [2.05, 4.69) is 15.5 Å². The van der Waals surface area contributed by atoms with E-state index in [1.807, 2.05) is 20.8 Å². The molecule has 1 aromatic rings. The Morgan fingerprint density at radius 2 is 2.31 bits per heavy atom. The van der Waals surface area contributed by atoms with E-state index in [1.54, 1.807) is 0 Å². The minimum Gasteiger partial charge on any atom is -0.379 e. The van der Waals surface area contributed by atoms with Gasteiger partial charge in [0.15, 0.2) is 0 Å². The molecule has 1 unspecified atom stereocenters. The maximum atomic E-state index is 12.1. The van der Waals surface area contributed by atoms with Crippen LogP contribution in [-0.2, 0) is 4.74 Å². The molecule has 16 heavy (non-hydrogen) atoms. The number of hydrogen-bond acceptors (Lipinski definition) is 3. The van der Waals surface area contributed by atoms with Crippen LogP contribution in [0.25, 0.3) is 0 Å². The molecule has 1 atom stereocenters. The highest BCUT2D eigenvalue weighted by molar-refractivity contribution is 5.96. The van der Waals surface area contributed by atoms with Crippen molar-refractivity contribution in [1.29, 1.82) is 0 Å². The summed E-state index contributed by atoms with van der Waals surface area (Å²) in [5, 5.41) is 9.85. The van der Waals surface area contributed by atoms with Crippen LogP contribution in [0.2, 0.25) is 0 Å². The van der Waals surface area contributed by atoms with E-state index in [1.165, 1.54) is 0 Å². The smallest absolute Gasteiger partial charge is 0.255 e. The second-order valence-corrected chi connectivity index (χ2v) is 4.63. The zero-order valence-electron chi connectivity index (χ0n) is 9.89. The van der Waals surface area contributed by atoms with E-state index in [0.717, 1.165) is 17.8 Å². The molecule has 1 aliphatic rings. The summed E-state index contributed by atoms with van der Waals surface area (Å²) in [6, 6.07) is 0. The van der Waals surface area contributed by atoms with E-state index in [9.17, 15) is 4.79 Å². The number of H-pyrrole nitrogens is 1. The predicted molar refractivity (Wildman–Crippen MR) is 59.4 cm³/mol. The molecule has 1 fully saturated rings. The molecule has 5 nitrogen and oxygen atoms in total. The molecule has 0 aromatic carbocycles. The predicted octanol–water partition coefficient (Wildman–Crippen LogP) is 0.935. The van der Waals surface area contributed by atoms with Gasteiger partial charge in [0.1, 0.15) is 0 Å². The van der Waals surface area contributed by atoms with Crippen molar-refractivity contribution in [2.75, 3.05) is 13.2 Å². The van der Waals surface area contributed by atoms with Gasteiger partial charge in [0.25, 0.3) is 5.91 Å². The second-order valence-electron chi connectivity index (χ2n) is 4.63. The molecule has 1 aliphatic heterocycles. The van der Waals surface area contributed by atoms with Gasteiger partial charge in [0.05, 0.1) is 23.4 Å². The Morgan fingerprint density at radius 3 is 2.81 bits per heavy atom. The summed E-state index contributed by atoms with van der Waals surface area (Å²) in [7, 11) is 0. The van der Waals surface area contributed by atoms with Gasteiger partial charge in [0.2, 0.25) is 0 Å². The molecule has 0 saturated carbocycles. The number of nitrogens with one attached hydrogen (secondary N) is 2. The normalized spacial score (nSPS) is 24.7. The van der Waals surface area contributed by atoms with Crippen LogP contribution in [0.15, 0.2) is 0 Å². The van der Waals surface area contributed by atoms with Crippen LogP contribution in [0.5, 0.6) is 0 Å². The minimum atomic E-state index is -0.243. The molecule has 1 aromatic heterocycles. The first-order valence-corrected chi connectivity index (χ1v) is 5.44. The first-order chi connectivity index (χ1) is 7.52. The Kier molecular flexibility index (Phi) is 2.71. The second kappa shape index (κ2) is 3.90. The van der Waals surface area contributed by atoms with Crippen LogP contribution in [0, 0.1) is 13.8 Å². The van der Waals surface area contributed by atoms with Gasteiger partial charge in [0, 0.05) is 12.3 Å². The summed E-state index contributed by atoms with van der Waals surface area (Å²) in [5.41, 5.74) is 1.94. The summed E-state index contributed by atoms with van der Waals surface area (Å²) < 4.78 is 5.30. The first kappa shape index (κ1) is 11.1. The molecule has 0 aliphatic carbocycles. The number of hydrogen-bond donors (Lipinski definition) is 2. The lowest BCUT2D eigenvalue weighted by Gasteiger charge is -2.23. The lowest BCUT2D eigenvalue weighted by atomic mass is 10.0. The molecule has 2 N–H and O–H groups in total. The highest BCUT2D eigenvalue weighted by Crippen LogP contribution is 2.19. The molecule has 0 bridgehead atoms. The maximum Gasteiger partial charge on any atom is 0.255 e. The summed E-state index contributed by atoms with van der Waals surface area (Å²) in [6.07, 6.45) is 0.856. The Hall–Kier alpha value is -1.36. The zero-order valence-corrected chi connectivity index (χ0v) is 9.89. The number of carbonyl (C=O) groups excluding carboxylic acids is 1. The molecule has 1 saturated heterocycles. The fourth-order valence-electron chi connectivity index (χ4n) is 1.99. The third kappa shape index (κ3) is 1.95. The largest absolute Gasteiger partial charge is 0.379 e. The molecule has 1 amide bonds. The molecule has 5 heteroatoms. The van der Waals surface area contributed by atoms with Gasteiger partial charge in [-0.15, -0.1) is 0 Å². The summed E-state index contributed by atoms with van der Waals surface area (Å²) in [4.78, 5) is 12.1. The Morgan fingerprint density at radius 1 is 1.56 bits per heavy atom. The Bertz CT molecular complexity index is 386. The number of ether oxygens (including phenoxy) is 1. The van der Waals surface area contributed by atoms with Gasteiger partial charge in [-0.05, 0) is 27.2 Å². The maximum absolute atomic E-state index is 12.1. The van der Waals surface area contributed by atoms with E-state index < -0.39 is 0 Å². The molecule has 0 spiro atoms. The summed E-state index contributed by atoms with van der Waals surface area (Å²) in [6.45, 7) is 6.96. The zero-order chi connectivity index (χ0) is 11.8.